The normalized spacial score (nSPS) is 10.8. The Morgan fingerprint density at radius 1 is 1.00 bits per heavy atom. The molecule has 0 unspecified atom stereocenters. The van der Waals surface area contributed by atoms with Crippen LogP contribution in [0.1, 0.15) is 55.8 Å². The van der Waals surface area contributed by atoms with Crippen molar-refractivity contribution in [3.8, 4) is 5.75 Å². The lowest BCUT2D eigenvalue weighted by Crippen LogP contribution is -2.05. The molecular formula is C19H24O3. The predicted octanol–water partition coefficient (Wildman–Crippen LogP) is 5.28. The molecule has 0 amide bonds. The average Bonchev–Trinajstić information content (AvgIpc) is 2.53. The zero-order chi connectivity index (χ0) is 15.8. The third kappa shape index (κ3) is 4.23. The van der Waals surface area contributed by atoms with Gasteiger partial charge in [0.05, 0.1) is 6.61 Å². The number of carboxylic acid groups (broad SMARTS) is 1. The fourth-order valence-electron chi connectivity index (χ4n) is 2.62. The lowest BCUT2D eigenvalue weighted by atomic mass is 10.1. The molecule has 3 heteroatoms. The number of unbranched alkanes of at least 4 members (excludes halogenated alkanes) is 5. The maximum absolute atomic E-state index is 11.4. The van der Waals surface area contributed by atoms with Crippen LogP contribution in [0.3, 0.4) is 0 Å². The van der Waals surface area contributed by atoms with E-state index in [1.807, 2.05) is 30.3 Å². The van der Waals surface area contributed by atoms with E-state index in [0.717, 1.165) is 23.6 Å². The highest BCUT2D eigenvalue weighted by Gasteiger charge is 2.14. The summed E-state index contributed by atoms with van der Waals surface area (Å²) in [6, 6.07) is 11.2. The zero-order valence-corrected chi connectivity index (χ0v) is 13.2. The monoisotopic (exact) mass is 300 g/mol. The van der Waals surface area contributed by atoms with Gasteiger partial charge in [-0.15, -0.1) is 0 Å². The predicted molar refractivity (Wildman–Crippen MR) is 89.8 cm³/mol. The summed E-state index contributed by atoms with van der Waals surface area (Å²) in [5, 5.41) is 11.2. The Hall–Kier alpha value is -2.03. The molecule has 0 aliphatic rings. The number of ether oxygens (including phenoxy) is 1. The van der Waals surface area contributed by atoms with E-state index in [2.05, 4.69) is 6.92 Å². The van der Waals surface area contributed by atoms with Crippen LogP contribution in [0.5, 0.6) is 5.75 Å². The molecule has 0 aromatic heterocycles. The van der Waals surface area contributed by atoms with Gasteiger partial charge in [0.15, 0.2) is 0 Å². The van der Waals surface area contributed by atoms with Crippen molar-refractivity contribution >= 4 is 16.7 Å². The minimum atomic E-state index is -0.941. The SMILES string of the molecule is CCCCCCCCOc1c(C(=O)O)ccc2ccccc12. The third-order valence-corrected chi connectivity index (χ3v) is 3.85. The van der Waals surface area contributed by atoms with Gasteiger partial charge in [0.2, 0.25) is 0 Å². The standard InChI is InChI=1S/C19H24O3/c1-2-3-4-5-6-9-14-22-18-16-11-8-7-10-15(16)12-13-17(18)19(20)21/h7-8,10-13H,2-6,9,14H2,1H3,(H,20,21). The van der Waals surface area contributed by atoms with E-state index in [4.69, 9.17) is 4.74 Å². The number of carbonyl (C=O) groups is 1. The van der Waals surface area contributed by atoms with Gasteiger partial charge < -0.3 is 9.84 Å². The molecule has 0 aliphatic carbocycles. The molecule has 1 N–H and O–H groups in total. The van der Waals surface area contributed by atoms with Crippen LogP contribution in [0.25, 0.3) is 10.8 Å². The minimum absolute atomic E-state index is 0.240. The van der Waals surface area contributed by atoms with Crippen LogP contribution in [0, 0.1) is 0 Å². The Labute approximate surface area is 131 Å². The first-order valence-corrected chi connectivity index (χ1v) is 8.12. The van der Waals surface area contributed by atoms with Gasteiger partial charge in [-0.2, -0.15) is 0 Å². The lowest BCUT2D eigenvalue weighted by molar-refractivity contribution is 0.0692. The summed E-state index contributed by atoms with van der Waals surface area (Å²) in [4.78, 5) is 11.4. The molecule has 0 radical (unpaired) electrons. The summed E-state index contributed by atoms with van der Waals surface area (Å²) in [6.07, 6.45) is 7.12. The van der Waals surface area contributed by atoms with E-state index in [1.54, 1.807) is 6.07 Å². The number of hydrogen-bond acceptors (Lipinski definition) is 2. The van der Waals surface area contributed by atoms with Gasteiger partial charge in [0.1, 0.15) is 11.3 Å². The van der Waals surface area contributed by atoms with Gasteiger partial charge in [0.25, 0.3) is 0 Å². The van der Waals surface area contributed by atoms with Crippen molar-refractivity contribution in [3.63, 3.8) is 0 Å². The van der Waals surface area contributed by atoms with Gasteiger partial charge in [-0.25, -0.2) is 4.79 Å². The second-order valence-electron chi connectivity index (χ2n) is 5.58. The van der Waals surface area contributed by atoms with Gasteiger partial charge in [-0.3, -0.25) is 0 Å². The number of fused-ring (bicyclic) bond motifs is 1. The molecule has 0 heterocycles. The van der Waals surface area contributed by atoms with Crippen LogP contribution in [-0.2, 0) is 0 Å². The van der Waals surface area contributed by atoms with E-state index in [9.17, 15) is 9.90 Å². The van der Waals surface area contributed by atoms with Gasteiger partial charge in [0, 0.05) is 5.39 Å². The number of benzene rings is 2. The Morgan fingerprint density at radius 3 is 2.50 bits per heavy atom. The van der Waals surface area contributed by atoms with E-state index in [-0.39, 0.29) is 5.56 Å². The molecule has 3 nitrogen and oxygen atoms in total. The van der Waals surface area contributed by atoms with E-state index in [1.165, 1.54) is 25.7 Å². The molecular weight excluding hydrogens is 276 g/mol. The molecule has 2 aromatic rings. The first-order chi connectivity index (χ1) is 10.7. The van der Waals surface area contributed by atoms with E-state index in [0.29, 0.717) is 12.4 Å². The van der Waals surface area contributed by atoms with Crippen LogP contribution in [0.4, 0.5) is 0 Å². The van der Waals surface area contributed by atoms with Crippen molar-refractivity contribution in [3.05, 3.63) is 42.0 Å². The molecule has 2 rings (SSSR count). The molecule has 118 valence electrons. The maximum atomic E-state index is 11.4. The smallest absolute Gasteiger partial charge is 0.339 e. The number of hydrogen-bond donors (Lipinski definition) is 1. The second kappa shape index (κ2) is 8.42. The molecule has 22 heavy (non-hydrogen) atoms. The number of rotatable bonds is 9. The van der Waals surface area contributed by atoms with Crippen molar-refractivity contribution in [2.75, 3.05) is 6.61 Å². The first-order valence-electron chi connectivity index (χ1n) is 8.12. The van der Waals surface area contributed by atoms with Crippen molar-refractivity contribution in [2.24, 2.45) is 0 Å². The molecule has 0 aliphatic heterocycles. The fraction of sp³-hybridized carbons (Fsp3) is 0.421. The minimum Gasteiger partial charge on any atom is -0.492 e. The van der Waals surface area contributed by atoms with Crippen LogP contribution in [-0.4, -0.2) is 17.7 Å². The Kier molecular flexibility index (Phi) is 6.26. The van der Waals surface area contributed by atoms with Gasteiger partial charge >= 0.3 is 5.97 Å². The highest BCUT2D eigenvalue weighted by molar-refractivity contribution is 6.00. The fourth-order valence-corrected chi connectivity index (χ4v) is 2.62. The highest BCUT2D eigenvalue weighted by atomic mass is 16.5. The van der Waals surface area contributed by atoms with Crippen LogP contribution in [0.15, 0.2) is 36.4 Å². The first kappa shape index (κ1) is 16.3. The number of aromatic carboxylic acids is 1. The second-order valence-corrected chi connectivity index (χ2v) is 5.58. The van der Waals surface area contributed by atoms with Crippen LogP contribution in [0.2, 0.25) is 0 Å². The molecule has 0 bridgehead atoms. The molecule has 0 saturated carbocycles. The summed E-state index contributed by atoms with van der Waals surface area (Å²) >= 11 is 0. The largest absolute Gasteiger partial charge is 0.492 e. The molecule has 2 aromatic carbocycles. The molecule has 0 atom stereocenters. The van der Waals surface area contributed by atoms with Crippen LogP contribution < -0.4 is 4.74 Å². The molecule has 0 fully saturated rings. The summed E-state index contributed by atoms with van der Waals surface area (Å²) < 4.78 is 5.84. The third-order valence-electron chi connectivity index (χ3n) is 3.85. The molecule has 0 spiro atoms. The summed E-state index contributed by atoms with van der Waals surface area (Å²) in [5.41, 5.74) is 0.240. The Bertz CT molecular complexity index is 619. The van der Waals surface area contributed by atoms with Crippen molar-refractivity contribution in [2.45, 2.75) is 45.4 Å². The van der Waals surface area contributed by atoms with Gasteiger partial charge in [-0.05, 0) is 17.9 Å². The number of carboxylic acids is 1. The highest BCUT2D eigenvalue weighted by Crippen LogP contribution is 2.30. The maximum Gasteiger partial charge on any atom is 0.339 e. The Balaban J connectivity index is 2.02. The zero-order valence-electron chi connectivity index (χ0n) is 13.2. The lowest BCUT2D eigenvalue weighted by Gasteiger charge is -2.12. The van der Waals surface area contributed by atoms with E-state index < -0.39 is 5.97 Å². The topological polar surface area (TPSA) is 46.5 Å². The van der Waals surface area contributed by atoms with E-state index >= 15 is 0 Å². The summed E-state index contributed by atoms with van der Waals surface area (Å²) in [7, 11) is 0. The summed E-state index contributed by atoms with van der Waals surface area (Å²) in [5.74, 6) is -0.442. The molecule has 0 saturated heterocycles. The van der Waals surface area contributed by atoms with Gasteiger partial charge in [-0.1, -0.05) is 69.4 Å². The average molecular weight is 300 g/mol. The quantitative estimate of drug-likeness (QED) is 0.641. The summed E-state index contributed by atoms with van der Waals surface area (Å²) in [6.45, 7) is 2.78. The van der Waals surface area contributed by atoms with Crippen molar-refractivity contribution < 1.29 is 14.6 Å². The van der Waals surface area contributed by atoms with Crippen molar-refractivity contribution in [1.82, 2.24) is 0 Å². The Morgan fingerprint density at radius 2 is 1.73 bits per heavy atom. The van der Waals surface area contributed by atoms with Crippen molar-refractivity contribution in [1.29, 1.82) is 0 Å². The van der Waals surface area contributed by atoms with Crippen LogP contribution >= 0.6 is 0 Å².